The third-order valence-electron chi connectivity index (χ3n) is 3.53. The number of hydrogen-bond acceptors (Lipinski definition) is 5. The maximum atomic E-state index is 9.53. The summed E-state index contributed by atoms with van der Waals surface area (Å²) >= 11 is 1.48. The van der Waals surface area contributed by atoms with Crippen molar-refractivity contribution in [3.8, 4) is 27.9 Å². The molecule has 0 atom stereocenters. The highest BCUT2D eigenvalue weighted by Crippen LogP contribution is 2.30. The molecule has 4 aromatic rings. The third kappa shape index (κ3) is 2.28. The van der Waals surface area contributed by atoms with Crippen LogP contribution in [0.4, 0.5) is 0 Å². The number of hydrogen-bond donors (Lipinski definition) is 0. The Hall–Kier alpha value is -3.04. The molecule has 0 fully saturated rings. The van der Waals surface area contributed by atoms with E-state index in [0.717, 1.165) is 16.1 Å². The maximum absolute atomic E-state index is 9.53. The van der Waals surface area contributed by atoms with Gasteiger partial charge in [0, 0.05) is 23.5 Å². The summed E-state index contributed by atoms with van der Waals surface area (Å²) in [7, 11) is 0. The van der Waals surface area contributed by atoms with E-state index >= 15 is 0 Å². The predicted octanol–water partition coefficient (Wildman–Crippen LogP) is 3.70. The average molecular weight is 317 g/mol. The van der Waals surface area contributed by atoms with Gasteiger partial charge in [-0.1, -0.05) is 35.1 Å². The van der Waals surface area contributed by atoms with Crippen molar-refractivity contribution >= 4 is 16.3 Å². The molecule has 0 bridgehead atoms. The van der Waals surface area contributed by atoms with Crippen molar-refractivity contribution < 1.29 is 0 Å². The Balaban J connectivity index is 1.89. The van der Waals surface area contributed by atoms with Crippen molar-refractivity contribution in [1.82, 2.24) is 19.6 Å². The van der Waals surface area contributed by atoms with E-state index in [2.05, 4.69) is 27.2 Å². The fraction of sp³-hybridized carbons (Fsp3) is 0.0588. The molecule has 0 aliphatic carbocycles. The van der Waals surface area contributed by atoms with E-state index in [4.69, 9.17) is 0 Å². The minimum atomic E-state index is 0.446. The zero-order valence-corrected chi connectivity index (χ0v) is 13.1. The molecule has 0 saturated heterocycles. The summed E-state index contributed by atoms with van der Waals surface area (Å²) in [5.41, 5.74) is 4.17. The van der Waals surface area contributed by atoms with Gasteiger partial charge in [-0.25, -0.2) is 4.98 Å². The molecular weight excluding hydrogens is 306 g/mol. The number of benzene rings is 1. The minimum Gasteiger partial charge on any atom is -0.265 e. The van der Waals surface area contributed by atoms with Crippen LogP contribution in [0.3, 0.4) is 0 Å². The van der Waals surface area contributed by atoms with Crippen molar-refractivity contribution in [1.29, 1.82) is 5.26 Å². The summed E-state index contributed by atoms with van der Waals surface area (Å²) < 4.78 is 1.62. The molecule has 3 aromatic heterocycles. The molecule has 23 heavy (non-hydrogen) atoms. The first-order chi connectivity index (χ1) is 11.3. The Bertz CT molecular complexity index is 1040. The van der Waals surface area contributed by atoms with Gasteiger partial charge in [0.1, 0.15) is 16.8 Å². The van der Waals surface area contributed by atoms with Crippen LogP contribution in [-0.4, -0.2) is 19.6 Å². The van der Waals surface area contributed by atoms with Crippen molar-refractivity contribution in [2.45, 2.75) is 6.92 Å². The Labute approximate surface area is 136 Å². The molecule has 0 radical (unpaired) electrons. The van der Waals surface area contributed by atoms with Crippen LogP contribution in [0.5, 0.6) is 0 Å². The van der Waals surface area contributed by atoms with Crippen LogP contribution in [-0.2, 0) is 0 Å². The number of rotatable bonds is 2. The summed E-state index contributed by atoms with van der Waals surface area (Å²) in [6.07, 6.45) is 3.38. The van der Waals surface area contributed by atoms with E-state index in [1.807, 2.05) is 37.3 Å². The van der Waals surface area contributed by atoms with Crippen LogP contribution in [0.25, 0.3) is 26.8 Å². The molecule has 110 valence electrons. The highest BCUT2D eigenvalue weighted by Gasteiger charge is 2.18. The SMILES string of the molecule is Cc1cccc(-c2nn3c(C#N)c(-c4ccncc4)nc3s2)c1. The van der Waals surface area contributed by atoms with E-state index in [-0.39, 0.29) is 0 Å². The van der Waals surface area contributed by atoms with Crippen LogP contribution in [0.15, 0.2) is 48.8 Å². The molecule has 0 unspecified atom stereocenters. The summed E-state index contributed by atoms with van der Waals surface area (Å²) in [5, 5.41) is 15.0. The molecule has 0 saturated carbocycles. The lowest BCUT2D eigenvalue weighted by Crippen LogP contribution is -1.91. The fourth-order valence-corrected chi connectivity index (χ4v) is 3.35. The van der Waals surface area contributed by atoms with Gasteiger partial charge in [-0.05, 0) is 25.1 Å². The maximum Gasteiger partial charge on any atom is 0.214 e. The minimum absolute atomic E-state index is 0.446. The second-order valence-corrected chi connectivity index (χ2v) is 6.08. The lowest BCUT2D eigenvalue weighted by Gasteiger charge is -1.98. The smallest absolute Gasteiger partial charge is 0.214 e. The van der Waals surface area contributed by atoms with Crippen LogP contribution < -0.4 is 0 Å². The van der Waals surface area contributed by atoms with Crippen LogP contribution in [0.2, 0.25) is 0 Å². The van der Waals surface area contributed by atoms with Gasteiger partial charge in [0.05, 0.1) is 0 Å². The van der Waals surface area contributed by atoms with Gasteiger partial charge < -0.3 is 0 Å². The van der Waals surface area contributed by atoms with Crippen molar-refractivity contribution in [3.63, 3.8) is 0 Å². The Morgan fingerprint density at radius 2 is 1.96 bits per heavy atom. The molecule has 0 aliphatic heterocycles. The summed E-state index contributed by atoms with van der Waals surface area (Å²) in [5.74, 6) is 0. The molecule has 3 heterocycles. The van der Waals surface area contributed by atoms with Gasteiger partial charge in [-0.3, -0.25) is 4.98 Å². The molecule has 0 N–H and O–H groups in total. The first-order valence-corrected chi connectivity index (χ1v) is 7.85. The second kappa shape index (κ2) is 5.30. The number of aromatic nitrogens is 4. The molecule has 4 rings (SSSR count). The van der Waals surface area contributed by atoms with E-state index in [1.54, 1.807) is 16.9 Å². The second-order valence-electron chi connectivity index (χ2n) is 5.13. The fourth-order valence-electron chi connectivity index (χ4n) is 2.45. The monoisotopic (exact) mass is 317 g/mol. The lowest BCUT2D eigenvalue weighted by atomic mass is 10.1. The highest BCUT2D eigenvalue weighted by molar-refractivity contribution is 7.19. The predicted molar refractivity (Wildman–Crippen MR) is 89.0 cm³/mol. The average Bonchev–Trinajstić information content (AvgIpc) is 3.13. The number of pyridine rings is 1. The zero-order chi connectivity index (χ0) is 15.8. The summed E-state index contributed by atoms with van der Waals surface area (Å²) in [6, 6.07) is 14.0. The van der Waals surface area contributed by atoms with E-state index < -0.39 is 0 Å². The van der Waals surface area contributed by atoms with E-state index in [9.17, 15) is 5.26 Å². The molecule has 0 spiro atoms. The van der Waals surface area contributed by atoms with Gasteiger partial charge in [0.2, 0.25) is 4.96 Å². The summed E-state index contributed by atoms with van der Waals surface area (Å²) in [4.78, 5) is 9.30. The number of aryl methyl sites for hydroxylation is 1. The molecule has 1 aromatic carbocycles. The lowest BCUT2D eigenvalue weighted by molar-refractivity contribution is 0.960. The van der Waals surface area contributed by atoms with Crippen molar-refractivity contribution in [3.05, 3.63) is 60.0 Å². The van der Waals surface area contributed by atoms with Crippen LogP contribution in [0, 0.1) is 18.3 Å². The van der Waals surface area contributed by atoms with E-state index in [1.165, 1.54) is 16.9 Å². The van der Waals surface area contributed by atoms with Crippen molar-refractivity contribution in [2.75, 3.05) is 0 Å². The largest absolute Gasteiger partial charge is 0.265 e. The van der Waals surface area contributed by atoms with Gasteiger partial charge >= 0.3 is 0 Å². The summed E-state index contributed by atoms with van der Waals surface area (Å²) in [6.45, 7) is 2.05. The van der Waals surface area contributed by atoms with Gasteiger partial charge in [-0.15, -0.1) is 0 Å². The Kier molecular flexibility index (Phi) is 3.14. The quantitative estimate of drug-likeness (QED) is 0.565. The molecule has 5 nitrogen and oxygen atoms in total. The Morgan fingerprint density at radius 1 is 1.13 bits per heavy atom. The number of nitriles is 1. The Morgan fingerprint density at radius 3 is 2.70 bits per heavy atom. The first-order valence-electron chi connectivity index (χ1n) is 7.03. The molecule has 0 aliphatic rings. The van der Waals surface area contributed by atoms with Crippen LogP contribution in [0.1, 0.15) is 11.3 Å². The van der Waals surface area contributed by atoms with Gasteiger partial charge in [-0.2, -0.15) is 14.9 Å². The van der Waals surface area contributed by atoms with Gasteiger partial charge in [0.15, 0.2) is 5.69 Å². The van der Waals surface area contributed by atoms with E-state index in [0.29, 0.717) is 16.3 Å². The highest BCUT2D eigenvalue weighted by atomic mass is 32.1. The standard InChI is InChI=1S/C17H11N5S/c1-11-3-2-4-13(9-11)16-21-22-14(10-18)15(20-17(22)23-16)12-5-7-19-8-6-12/h2-9H,1H3. The molecule has 0 amide bonds. The number of fused-ring (bicyclic) bond motifs is 1. The first kappa shape index (κ1) is 13.6. The molecule has 6 heteroatoms. The van der Waals surface area contributed by atoms with Gasteiger partial charge in [0.25, 0.3) is 0 Å². The normalized spacial score (nSPS) is 10.8. The third-order valence-corrected chi connectivity index (χ3v) is 4.49. The molecular formula is C17H11N5S. The number of imidazole rings is 1. The van der Waals surface area contributed by atoms with Crippen molar-refractivity contribution in [2.24, 2.45) is 0 Å². The number of nitrogens with zero attached hydrogens (tertiary/aromatic N) is 5. The van der Waals surface area contributed by atoms with Crippen LogP contribution >= 0.6 is 11.3 Å². The zero-order valence-electron chi connectivity index (χ0n) is 12.3. The topological polar surface area (TPSA) is 66.9 Å².